The minimum atomic E-state index is -0.0117. The molecule has 1 unspecified atom stereocenters. The lowest BCUT2D eigenvalue weighted by Crippen LogP contribution is -2.25. The molecule has 0 aliphatic carbocycles. The smallest absolute Gasteiger partial charge is 0.222 e. The first kappa shape index (κ1) is 12.3. The Hall–Kier alpha value is -1.78. The lowest BCUT2D eigenvalue weighted by molar-refractivity contribution is 0.567. The average Bonchev–Trinajstić information content (AvgIpc) is 2.86. The molecule has 1 atom stereocenters. The molecular weight excluding hydrogens is 238 g/mol. The number of anilines is 2. The third-order valence-corrected chi connectivity index (χ3v) is 3.81. The Kier molecular flexibility index (Phi) is 2.66. The van der Waals surface area contributed by atoms with Crippen molar-refractivity contribution in [1.82, 2.24) is 15.3 Å². The number of nitrogens with zero attached hydrogens (tertiary/aromatic N) is 3. The molecule has 1 saturated heterocycles. The summed E-state index contributed by atoms with van der Waals surface area (Å²) in [5.41, 5.74) is 8.32. The van der Waals surface area contributed by atoms with Crippen molar-refractivity contribution in [2.45, 2.75) is 26.2 Å². The van der Waals surface area contributed by atoms with Crippen LogP contribution in [0.2, 0.25) is 0 Å². The van der Waals surface area contributed by atoms with Crippen LogP contribution in [0.5, 0.6) is 0 Å². The summed E-state index contributed by atoms with van der Waals surface area (Å²) >= 11 is 0. The maximum Gasteiger partial charge on any atom is 0.222 e. The van der Waals surface area contributed by atoms with E-state index in [1.54, 1.807) is 0 Å². The van der Waals surface area contributed by atoms with Gasteiger partial charge in [-0.15, -0.1) is 0 Å². The van der Waals surface area contributed by atoms with E-state index < -0.39 is 0 Å². The van der Waals surface area contributed by atoms with Gasteiger partial charge in [-0.3, -0.25) is 0 Å². The summed E-state index contributed by atoms with van der Waals surface area (Å²) in [5.74, 6) is 1.94. The van der Waals surface area contributed by atoms with E-state index in [0.717, 1.165) is 31.1 Å². The first-order valence-electron chi connectivity index (χ1n) is 6.76. The predicted molar refractivity (Wildman–Crippen MR) is 76.9 cm³/mol. The predicted octanol–water partition coefficient (Wildman–Crippen LogP) is 1.28. The molecule has 3 rings (SSSR count). The third kappa shape index (κ3) is 2.25. The van der Waals surface area contributed by atoms with Crippen molar-refractivity contribution in [1.29, 1.82) is 0 Å². The van der Waals surface area contributed by atoms with Crippen LogP contribution in [0.4, 0.5) is 11.8 Å². The molecule has 1 aromatic rings. The highest BCUT2D eigenvalue weighted by Crippen LogP contribution is 2.31. The molecule has 0 bridgehead atoms. The maximum absolute atomic E-state index is 5.86. The van der Waals surface area contributed by atoms with Gasteiger partial charge in [0.05, 0.1) is 5.69 Å². The molecule has 3 N–H and O–H groups in total. The molecule has 0 spiro atoms. The number of nitrogen functional groups attached to an aromatic ring is 1. The monoisotopic (exact) mass is 259 g/mol. The number of hydrogen-bond acceptors (Lipinski definition) is 5. The van der Waals surface area contributed by atoms with Crippen LogP contribution in [-0.4, -0.2) is 29.6 Å². The highest BCUT2D eigenvalue weighted by atomic mass is 15.2. The first-order valence-corrected chi connectivity index (χ1v) is 6.76. The van der Waals surface area contributed by atoms with Gasteiger partial charge in [0.2, 0.25) is 5.95 Å². The van der Waals surface area contributed by atoms with E-state index in [1.807, 2.05) is 0 Å². The minimum absolute atomic E-state index is 0.0117. The second-order valence-electron chi connectivity index (χ2n) is 6.42. The van der Waals surface area contributed by atoms with E-state index in [2.05, 4.69) is 53.2 Å². The Morgan fingerprint density at radius 3 is 2.84 bits per heavy atom. The first-order chi connectivity index (χ1) is 8.93. The Morgan fingerprint density at radius 2 is 2.16 bits per heavy atom. The number of rotatable bonds is 1. The largest absolute Gasteiger partial charge is 0.390 e. The van der Waals surface area contributed by atoms with Crippen LogP contribution < -0.4 is 16.0 Å². The molecule has 0 saturated carbocycles. The molecule has 0 aromatic carbocycles. The van der Waals surface area contributed by atoms with Crippen LogP contribution >= 0.6 is 0 Å². The number of hydrogen-bond donors (Lipinski definition) is 2. The van der Waals surface area contributed by atoms with Gasteiger partial charge < -0.3 is 16.0 Å². The number of fused-ring (bicyclic) bond motifs is 1. The summed E-state index contributed by atoms with van der Waals surface area (Å²) in [7, 11) is 0. The van der Waals surface area contributed by atoms with Crippen LogP contribution in [0, 0.1) is 5.92 Å². The molecule has 2 aliphatic rings. The zero-order valence-corrected chi connectivity index (χ0v) is 11.8. The van der Waals surface area contributed by atoms with E-state index in [0.29, 0.717) is 11.9 Å². The number of aromatic nitrogens is 2. The summed E-state index contributed by atoms with van der Waals surface area (Å²) in [4.78, 5) is 11.1. The molecule has 102 valence electrons. The summed E-state index contributed by atoms with van der Waals surface area (Å²) in [6, 6.07) is 2.07. The van der Waals surface area contributed by atoms with Gasteiger partial charge in [-0.1, -0.05) is 20.8 Å². The fraction of sp³-hybridized carbons (Fsp3) is 0.571. The van der Waals surface area contributed by atoms with E-state index in [4.69, 9.17) is 5.73 Å². The topological polar surface area (TPSA) is 67.1 Å². The van der Waals surface area contributed by atoms with Crippen molar-refractivity contribution in [3.63, 3.8) is 0 Å². The highest BCUT2D eigenvalue weighted by Gasteiger charge is 2.31. The van der Waals surface area contributed by atoms with Gasteiger partial charge in [-0.05, 0) is 11.8 Å². The van der Waals surface area contributed by atoms with Crippen LogP contribution in [-0.2, 0) is 5.41 Å². The summed E-state index contributed by atoms with van der Waals surface area (Å²) in [6.45, 7) is 9.42. The van der Waals surface area contributed by atoms with E-state index in [9.17, 15) is 0 Å². The zero-order chi connectivity index (χ0) is 13.6. The van der Waals surface area contributed by atoms with Gasteiger partial charge in [0.15, 0.2) is 0 Å². The van der Waals surface area contributed by atoms with Gasteiger partial charge in [0, 0.05) is 37.0 Å². The van der Waals surface area contributed by atoms with Crippen LogP contribution in [0.25, 0.3) is 0 Å². The van der Waals surface area contributed by atoms with E-state index >= 15 is 0 Å². The van der Waals surface area contributed by atoms with Crippen LogP contribution in [0.3, 0.4) is 0 Å². The Balaban J connectivity index is 1.91. The van der Waals surface area contributed by atoms with Crippen molar-refractivity contribution < 1.29 is 0 Å². The molecule has 0 radical (unpaired) electrons. The molecule has 0 amide bonds. The molecule has 2 aliphatic heterocycles. The molecule has 1 aromatic heterocycles. The van der Waals surface area contributed by atoms with E-state index in [-0.39, 0.29) is 5.41 Å². The fourth-order valence-electron chi connectivity index (χ4n) is 2.66. The standard InChI is InChI=1S/C14H21N5/c1-14(2,3)11-4-12(18-13(15)17-11)19-7-9-5-16-6-10(9)8-19/h4-5,10,16H,6-8H2,1-3H3,(H2,15,17,18). The quantitative estimate of drug-likeness (QED) is 0.795. The van der Waals surface area contributed by atoms with Crippen molar-refractivity contribution in [3.05, 3.63) is 23.5 Å². The van der Waals surface area contributed by atoms with Gasteiger partial charge in [0.1, 0.15) is 5.82 Å². The summed E-state index contributed by atoms with van der Waals surface area (Å²) < 4.78 is 0. The number of nitrogens with one attached hydrogen (secondary N) is 1. The van der Waals surface area contributed by atoms with Crippen molar-refractivity contribution in [2.24, 2.45) is 5.92 Å². The Bertz CT molecular complexity index is 529. The second kappa shape index (κ2) is 4.11. The van der Waals surface area contributed by atoms with Crippen molar-refractivity contribution in [3.8, 4) is 0 Å². The highest BCUT2D eigenvalue weighted by molar-refractivity contribution is 5.49. The van der Waals surface area contributed by atoms with E-state index in [1.165, 1.54) is 5.57 Å². The minimum Gasteiger partial charge on any atom is -0.390 e. The van der Waals surface area contributed by atoms with Gasteiger partial charge in [0.25, 0.3) is 0 Å². The van der Waals surface area contributed by atoms with Crippen molar-refractivity contribution >= 4 is 11.8 Å². The summed E-state index contributed by atoms with van der Waals surface area (Å²) in [5, 5.41) is 3.30. The average molecular weight is 259 g/mol. The lowest BCUT2D eigenvalue weighted by Gasteiger charge is -2.22. The molecular formula is C14H21N5. The normalized spacial score (nSPS) is 22.2. The van der Waals surface area contributed by atoms with Gasteiger partial charge in [-0.25, -0.2) is 4.98 Å². The SMILES string of the molecule is CC(C)(C)c1cc(N2CC3=CNCC3C2)nc(N)n1. The van der Waals surface area contributed by atoms with Crippen LogP contribution in [0.1, 0.15) is 26.5 Å². The second-order valence-corrected chi connectivity index (χ2v) is 6.42. The molecule has 5 heteroatoms. The summed E-state index contributed by atoms with van der Waals surface area (Å²) in [6.07, 6.45) is 2.14. The molecule has 1 fully saturated rings. The Morgan fingerprint density at radius 1 is 1.37 bits per heavy atom. The third-order valence-electron chi connectivity index (χ3n) is 3.81. The molecule has 5 nitrogen and oxygen atoms in total. The van der Waals surface area contributed by atoms with Gasteiger partial charge in [-0.2, -0.15) is 4.98 Å². The van der Waals surface area contributed by atoms with Gasteiger partial charge >= 0.3 is 0 Å². The number of nitrogens with two attached hydrogens (primary N) is 1. The lowest BCUT2D eigenvalue weighted by atomic mass is 9.92. The van der Waals surface area contributed by atoms with Crippen molar-refractivity contribution in [2.75, 3.05) is 30.3 Å². The molecule has 19 heavy (non-hydrogen) atoms. The van der Waals surface area contributed by atoms with Crippen LogP contribution in [0.15, 0.2) is 17.8 Å². The fourth-order valence-corrected chi connectivity index (χ4v) is 2.66. The zero-order valence-electron chi connectivity index (χ0n) is 11.8. The molecule has 3 heterocycles. The Labute approximate surface area is 113 Å². The maximum atomic E-state index is 5.86.